The number of methoxy groups -OCH3 is 2. The molecule has 0 radical (unpaired) electrons. The molecule has 1 N–H and O–H groups in total. The van der Waals surface area contributed by atoms with Gasteiger partial charge in [0.05, 0.1) is 36.0 Å². The van der Waals surface area contributed by atoms with E-state index in [0.29, 0.717) is 12.3 Å². The number of amides is 1. The molecule has 0 saturated heterocycles. The number of nitrogens with one attached hydrogen (secondary N) is 1. The normalized spacial score (nSPS) is 16.4. The first-order valence-electron chi connectivity index (χ1n) is 11.3. The number of hydrogen-bond acceptors (Lipinski definition) is 8. The number of hydrogen-bond donors (Lipinski definition) is 1. The third-order valence-electron chi connectivity index (χ3n) is 6.48. The number of aryl methyl sites for hydroxylation is 1. The lowest BCUT2D eigenvalue weighted by atomic mass is 9.87. The van der Waals surface area contributed by atoms with Crippen molar-refractivity contribution in [3.8, 4) is 5.75 Å². The van der Waals surface area contributed by atoms with Crippen LogP contribution in [-0.4, -0.2) is 64.3 Å². The molecule has 0 aromatic carbocycles. The van der Waals surface area contributed by atoms with Crippen molar-refractivity contribution < 1.29 is 14.3 Å². The Labute approximate surface area is 201 Å². The third-order valence-corrected chi connectivity index (χ3v) is 7.64. The Balaban J connectivity index is 1.44. The number of thiophene rings is 1. The van der Waals surface area contributed by atoms with Gasteiger partial charge < -0.3 is 19.7 Å². The zero-order valence-electron chi connectivity index (χ0n) is 19.7. The Morgan fingerprint density at radius 2 is 2.24 bits per heavy atom. The smallest absolute Gasteiger partial charge is 0.225 e. The van der Waals surface area contributed by atoms with Crippen LogP contribution in [0.2, 0.25) is 0 Å². The van der Waals surface area contributed by atoms with E-state index in [2.05, 4.69) is 20.4 Å². The molecule has 0 spiro atoms. The van der Waals surface area contributed by atoms with E-state index in [1.165, 1.54) is 10.4 Å². The van der Waals surface area contributed by atoms with Crippen molar-refractivity contribution in [2.45, 2.75) is 32.3 Å². The standard InChI is InChI=1S/C24H28N6O3S/c1-14(32-3)11-29(2)24(31)15-5-6-17-20(9-15)34-23-21(17)22(25-13-26-23)28-18-10-16-7-8-27-30(16)12-19(18)33-4/h7-8,10,12-15H,5-6,9,11H2,1-4H3,(H,25,26,28)/t14-,15-/m0/s1. The maximum absolute atomic E-state index is 13.1. The third kappa shape index (κ3) is 4.07. The summed E-state index contributed by atoms with van der Waals surface area (Å²) in [7, 11) is 5.17. The minimum Gasteiger partial charge on any atom is -0.493 e. The maximum Gasteiger partial charge on any atom is 0.225 e. The number of aromatic nitrogens is 4. The van der Waals surface area contributed by atoms with Crippen LogP contribution in [0.4, 0.5) is 11.5 Å². The predicted molar refractivity (Wildman–Crippen MR) is 132 cm³/mol. The molecule has 0 aliphatic heterocycles. The van der Waals surface area contributed by atoms with Crippen molar-refractivity contribution in [2.75, 3.05) is 33.1 Å². The van der Waals surface area contributed by atoms with Crippen molar-refractivity contribution in [1.82, 2.24) is 24.5 Å². The molecule has 1 aliphatic rings. The van der Waals surface area contributed by atoms with Crippen LogP contribution in [0.1, 0.15) is 23.8 Å². The highest BCUT2D eigenvalue weighted by atomic mass is 32.1. The number of ether oxygens (including phenoxy) is 2. The molecule has 1 aliphatic carbocycles. The highest BCUT2D eigenvalue weighted by molar-refractivity contribution is 7.19. The highest BCUT2D eigenvalue weighted by Gasteiger charge is 2.31. The van der Waals surface area contributed by atoms with Gasteiger partial charge in [-0.3, -0.25) is 4.79 Å². The first kappa shape index (κ1) is 22.5. The van der Waals surface area contributed by atoms with Crippen LogP contribution >= 0.6 is 11.3 Å². The van der Waals surface area contributed by atoms with Gasteiger partial charge in [0.15, 0.2) is 5.75 Å². The number of nitrogens with zero attached hydrogens (tertiary/aromatic N) is 5. The lowest BCUT2D eigenvalue weighted by Crippen LogP contribution is -2.39. The zero-order chi connectivity index (χ0) is 23.8. The highest BCUT2D eigenvalue weighted by Crippen LogP contribution is 2.41. The summed E-state index contributed by atoms with van der Waals surface area (Å²) >= 11 is 1.66. The first-order chi connectivity index (χ1) is 16.5. The number of likely N-dealkylation sites (N-methyl/N-ethyl adjacent to an activating group) is 1. The summed E-state index contributed by atoms with van der Waals surface area (Å²) in [6, 6.07) is 3.93. The zero-order valence-corrected chi connectivity index (χ0v) is 20.6. The van der Waals surface area contributed by atoms with Gasteiger partial charge in [-0.1, -0.05) is 0 Å². The minimum absolute atomic E-state index is 0.0140. The molecule has 0 unspecified atom stereocenters. The van der Waals surface area contributed by atoms with Gasteiger partial charge in [0, 0.05) is 37.7 Å². The Morgan fingerprint density at radius 1 is 1.38 bits per heavy atom. The number of anilines is 2. The summed E-state index contributed by atoms with van der Waals surface area (Å²) in [6.45, 7) is 2.57. The van der Waals surface area contributed by atoms with Gasteiger partial charge in [-0.05, 0) is 43.9 Å². The molecule has 10 heteroatoms. The molecular weight excluding hydrogens is 452 g/mol. The van der Waals surface area contributed by atoms with Crippen LogP contribution in [0, 0.1) is 5.92 Å². The van der Waals surface area contributed by atoms with Gasteiger partial charge in [-0.15, -0.1) is 11.3 Å². The topological polar surface area (TPSA) is 93.9 Å². The van der Waals surface area contributed by atoms with Crippen LogP contribution < -0.4 is 10.1 Å². The van der Waals surface area contributed by atoms with E-state index in [1.54, 1.807) is 47.5 Å². The Morgan fingerprint density at radius 3 is 3.03 bits per heavy atom. The maximum atomic E-state index is 13.1. The molecule has 5 rings (SSSR count). The Kier molecular flexibility index (Phi) is 6.09. The molecule has 4 aromatic heterocycles. The monoisotopic (exact) mass is 480 g/mol. The summed E-state index contributed by atoms with van der Waals surface area (Å²) in [4.78, 5) is 26.1. The second-order valence-electron chi connectivity index (χ2n) is 8.69. The van der Waals surface area contributed by atoms with Crippen molar-refractivity contribution >= 4 is 44.5 Å². The van der Waals surface area contributed by atoms with Gasteiger partial charge in [0.1, 0.15) is 17.0 Å². The summed E-state index contributed by atoms with van der Waals surface area (Å²) in [5, 5.41) is 8.77. The van der Waals surface area contributed by atoms with Crippen LogP contribution in [0.3, 0.4) is 0 Å². The van der Waals surface area contributed by atoms with Gasteiger partial charge >= 0.3 is 0 Å². The molecule has 9 nitrogen and oxygen atoms in total. The van der Waals surface area contributed by atoms with E-state index in [1.807, 2.05) is 32.3 Å². The summed E-state index contributed by atoms with van der Waals surface area (Å²) in [5.74, 6) is 1.57. The number of fused-ring (bicyclic) bond motifs is 4. The minimum atomic E-state index is -0.0247. The first-order valence-corrected chi connectivity index (χ1v) is 12.1. The summed E-state index contributed by atoms with van der Waals surface area (Å²) in [6.07, 6.45) is 7.55. The number of rotatable bonds is 7. The average molecular weight is 481 g/mol. The second kappa shape index (κ2) is 9.19. The Bertz CT molecular complexity index is 1350. The van der Waals surface area contributed by atoms with Gasteiger partial charge in [0.25, 0.3) is 0 Å². The molecular formula is C24H28N6O3S. The summed E-state index contributed by atoms with van der Waals surface area (Å²) in [5.41, 5.74) is 3.01. The number of pyridine rings is 1. The van der Waals surface area contributed by atoms with Gasteiger partial charge in [-0.2, -0.15) is 5.10 Å². The lowest BCUT2D eigenvalue weighted by molar-refractivity contribution is -0.135. The molecule has 34 heavy (non-hydrogen) atoms. The molecule has 0 fully saturated rings. The van der Waals surface area contributed by atoms with E-state index < -0.39 is 0 Å². The molecule has 178 valence electrons. The molecule has 1 amide bonds. The fourth-order valence-corrected chi connectivity index (χ4v) is 5.88. The van der Waals surface area contributed by atoms with Crippen molar-refractivity contribution in [2.24, 2.45) is 5.92 Å². The van der Waals surface area contributed by atoms with Crippen molar-refractivity contribution in [3.05, 3.63) is 41.3 Å². The lowest BCUT2D eigenvalue weighted by Gasteiger charge is -2.28. The SMILES string of the molecule is COc1cn2nccc2cc1Nc1ncnc2sc3c(c12)CC[C@H](C(=O)N(C)C[C@H](C)OC)C3. The molecule has 0 bridgehead atoms. The van der Waals surface area contributed by atoms with Crippen LogP contribution in [0.25, 0.3) is 15.7 Å². The van der Waals surface area contributed by atoms with Crippen molar-refractivity contribution in [3.63, 3.8) is 0 Å². The van der Waals surface area contributed by atoms with Crippen LogP contribution in [-0.2, 0) is 22.4 Å². The van der Waals surface area contributed by atoms with Gasteiger partial charge in [-0.25, -0.2) is 14.5 Å². The number of carbonyl (C=O) groups excluding carboxylic acids is 1. The quantitative estimate of drug-likeness (QED) is 0.431. The molecule has 0 saturated carbocycles. The van der Waals surface area contributed by atoms with Crippen molar-refractivity contribution in [1.29, 1.82) is 0 Å². The van der Waals surface area contributed by atoms with E-state index in [4.69, 9.17) is 9.47 Å². The van der Waals surface area contributed by atoms with E-state index in [9.17, 15) is 4.79 Å². The second-order valence-corrected chi connectivity index (χ2v) is 9.78. The molecule has 4 heterocycles. The van der Waals surface area contributed by atoms with Crippen LogP contribution in [0.15, 0.2) is 30.9 Å². The molecule has 4 aromatic rings. The molecule has 2 atom stereocenters. The number of carbonyl (C=O) groups is 1. The Hall–Kier alpha value is -3.24. The fourth-order valence-electron chi connectivity index (χ4n) is 4.61. The predicted octanol–water partition coefficient (Wildman–Crippen LogP) is 3.69. The largest absolute Gasteiger partial charge is 0.493 e. The van der Waals surface area contributed by atoms with E-state index in [0.717, 1.165) is 46.5 Å². The fraction of sp³-hybridized carbons (Fsp3) is 0.417. The average Bonchev–Trinajstić information content (AvgIpc) is 3.46. The summed E-state index contributed by atoms with van der Waals surface area (Å²) < 4.78 is 12.7. The van der Waals surface area contributed by atoms with Crippen LogP contribution in [0.5, 0.6) is 5.75 Å². The van der Waals surface area contributed by atoms with E-state index in [-0.39, 0.29) is 17.9 Å². The van der Waals surface area contributed by atoms with E-state index >= 15 is 0 Å². The van der Waals surface area contributed by atoms with Gasteiger partial charge in [0.2, 0.25) is 5.91 Å².